The maximum Gasteiger partial charge on any atom is 0.257 e. The van der Waals surface area contributed by atoms with E-state index in [-0.39, 0.29) is 11.9 Å². The van der Waals surface area contributed by atoms with Crippen molar-refractivity contribution in [2.24, 2.45) is 0 Å². The van der Waals surface area contributed by atoms with Crippen molar-refractivity contribution in [2.45, 2.75) is 25.8 Å². The molecule has 0 aliphatic carbocycles. The van der Waals surface area contributed by atoms with Gasteiger partial charge in [0.1, 0.15) is 0 Å². The number of rotatable bonds is 2. The van der Waals surface area contributed by atoms with E-state index < -0.39 is 0 Å². The maximum atomic E-state index is 12.8. The van der Waals surface area contributed by atoms with Gasteiger partial charge in [-0.3, -0.25) is 9.78 Å². The molecule has 1 aromatic carbocycles. The number of benzene rings is 1. The van der Waals surface area contributed by atoms with Crippen LogP contribution in [0, 0.1) is 6.92 Å². The zero-order valence-corrected chi connectivity index (χ0v) is 12.7. The first-order valence-electron chi connectivity index (χ1n) is 7.14. The third-order valence-electron chi connectivity index (χ3n) is 4.06. The molecule has 108 valence electrons. The van der Waals surface area contributed by atoms with E-state index in [1.54, 1.807) is 18.5 Å². The van der Waals surface area contributed by atoms with Crippen molar-refractivity contribution in [1.82, 2.24) is 9.88 Å². The molecule has 1 saturated heterocycles. The number of nitrogens with zero attached hydrogens (tertiary/aromatic N) is 2. The third kappa shape index (κ3) is 2.66. The van der Waals surface area contributed by atoms with Crippen molar-refractivity contribution in [2.75, 3.05) is 6.54 Å². The molecule has 1 aliphatic heterocycles. The molecule has 1 unspecified atom stereocenters. The molecule has 1 fully saturated rings. The molecule has 4 heteroatoms. The number of pyridine rings is 1. The molecule has 3 rings (SSSR count). The summed E-state index contributed by atoms with van der Waals surface area (Å²) in [5.41, 5.74) is 2.93. The molecule has 3 nitrogen and oxygen atoms in total. The molecule has 0 spiro atoms. The number of hydrogen-bond donors (Lipinski definition) is 0. The summed E-state index contributed by atoms with van der Waals surface area (Å²) in [7, 11) is 0. The molecule has 1 aromatic heterocycles. The van der Waals surface area contributed by atoms with E-state index in [9.17, 15) is 4.79 Å². The number of carbonyl (C=O) groups is 1. The fourth-order valence-electron chi connectivity index (χ4n) is 2.98. The summed E-state index contributed by atoms with van der Waals surface area (Å²) in [6, 6.07) is 10.0. The van der Waals surface area contributed by atoms with Crippen LogP contribution >= 0.6 is 11.6 Å². The van der Waals surface area contributed by atoms with Gasteiger partial charge < -0.3 is 4.90 Å². The Bertz CT molecular complexity index is 671. The molecule has 2 heterocycles. The van der Waals surface area contributed by atoms with Gasteiger partial charge in [-0.2, -0.15) is 0 Å². The number of amides is 1. The lowest BCUT2D eigenvalue weighted by Gasteiger charge is -2.26. The van der Waals surface area contributed by atoms with E-state index in [1.165, 1.54) is 11.1 Å². The molecular formula is C17H17ClN2O. The highest BCUT2D eigenvalue weighted by molar-refractivity contribution is 6.33. The second-order valence-corrected chi connectivity index (χ2v) is 5.78. The molecule has 0 radical (unpaired) electrons. The summed E-state index contributed by atoms with van der Waals surface area (Å²) < 4.78 is 0. The van der Waals surface area contributed by atoms with Crippen LogP contribution < -0.4 is 0 Å². The molecule has 21 heavy (non-hydrogen) atoms. The molecule has 1 amide bonds. The van der Waals surface area contributed by atoms with Crippen LogP contribution in [0.25, 0.3) is 0 Å². The molecular weight excluding hydrogens is 284 g/mol. The highest BCUT2D eigenvalue weighted by atomic mass is 35.5. The van der Waals surface area contributed by atoms with Crippen molar-refractivity contribution >= 4 is 17.5 Å². The first-order chi connectivity index (χ1) is 10.2. The number of likely N-dealkylation sites (tertiary alicyclic amines) is 1. The van der Waals surface area contributed by atoms with E-state index >= 15 is 0 Å². The minimum absolute atomic E-state index is 0.0288. The Morgan fingerprint density at radius 3 is 2.90 bits per heavy atom. The lowest BCUT2D eigenvalue weighted by molar-refractivity contribution is 0.0735. The van der Waals surface area contributed by atoms with Crippen molar-refractivity contribution < 1.29 is 4.79 Å². The Kier molecular flexibility index (Phi) is 3.93. The molecule has 0 N–H and O–H groups in total. The number of carbonyl (C=O) groups excluding carboxylic acids is 1. The van der Waals surface area contributed by atoms with Crippen LogP contribution in [0.4, 0.5) is 0 Å². The average molecular weight is 301 g/mol. The summed E-state index contributed by atoms with van der Waals surface area (Å²) in [6.45, 7) is 2.86. The van der Waals surface area contributed by atoms with E-state index in [2.05, 4.69) is 24.0 Å². The number of halogens is 1. The van der Waals surface area contributed by atoms with Gasteiger partial charge in [0, 0.05) is 18.9 Å². The second-order valence-electron chi connectivity index (χ2n) is 5.37. The Hall–Kier alpha value is -1.87. The molecule has 0 saturated carbocycles. The predicted molar refractivity (Wildman–Crippen MR) is 83.4 cm³/mol. The van der Waals surface area contributed by atoms with Gasteiger partial charge >= 0.3 is 0 Å². The topological polar surface area (TPSA) is 33.2 Å². The largest absolute Gasteiger partial charge is 0.332 e. The van der Waals surface area contributed by atoms with Gasteiger partial charge in [-0.05, 0) is 37.0 Å². The van der Waals surface area contributed by atoms with E-state index in [4.69, 9.17) is 11.6 Å². The minimum atomic E-state index is -0.0288. The minimum Gasteiger partial charge on any atom is -0.332 e. The molecule has 2 aromatic rings. The van der Waals surface area contributed by atoms with Crippen LogP contribution in [-0.4, -0.2) is 22.3 Å². The van der Waals surface area contributed by atoms with Gasteiger partial charge in [-0.1, -0.05) is 35.9 Å². The van der Waals surface area contributed by atoms with Crippen LogP contribution in [0.2, 0.25) is 5.02 Å². The Morgan fingerprint density at radius 2 is 2.14 bits per heavy atom. The number of aromatic nitrogens is 1. The molecule has 0 bridgehead atoms. The summed E-state index contributed by atoms with van der Waals surface area (Å²) in [5, 5.41) is 0.463. The first kappa shape index (κ1) is 14.1. The van der Waals surface area contributed by atoms with Crippen molar-refractivity contribution in [3.63, 3.8) is 0 Å². The summed E-state index contributed by atoms with van der Waals surface area (Å²) in [5.74, 6) is -0.0288. The monoisotopic (exact) mass is 300 g/mol. The second kappa shape index (κ2) is 5.86. The molecule has 1 atom stereocenters. The quantitative estimate of drug-likeness (QED) is 0.839. The van der Waals surface area contributed by atoms with Gasteiger partial charge in [-0.15, -0.1) is 0 Å². The fraction of sp³-hybridized carbons (Fsp3) is 0.294. The smallest absolute Gasteiger partial charge is 0.257 e. The Labute approximate surface area is 129 Å². The summed E-state index contributed by atoms with van der Waals surface area (Å²) >= 11 is 6.14. The lowest BCUT2D eigenvalue weighted by atomic mass is 9.99. The van der Waals surface area contributed by atoms with Crippen LogP contribution in [0.5, 0.6) is 0 Å². The highest BCUT2D eigenvalue weighted by Crippen LogP contribution is 2.35. The number of aryl methyl sites for hydroxylation is 1. The zero-order valence-electron chi connectivity index (χ0n) is 11.9. The third-order valence-corrected chi connectivity index (χ3v) is 4.39. The fourth-order valence-corrected chi connectivity index (χ4v) is 3.17. The maximum absolute atomic E-state index is 12.8. The standard InChI is InChI=1S/C17H17ClN2O/c1-12-5-2-3-6-13(12)16-7-4-10-20(16)17(21)14-11-19-9-8-15(14)18/h2-3,5-6,8-9,11,16H,4,7,10H2,1H3. The summed E-state index contributed by atoms with van der Waals surface area (Å²) in [4.78, 5) is 18.7. The van der Waals surface area contributed by atoms with Gasteiger partial charge in [0.2, 0.25) is 0 Å². The predicted octanol–water partition coefficient (Wildman–Crippen LogP) is 4.02. The van der Waals surface area contributed by atoms with E-state index in [1.807, 2.05) is 17.0 Å². The number of hydrogen-bond acceptors (Lipinski definition) is 2. The first-order valence-corrected chi connectivity index (χ1v) is 7.52. The Morgan fingerprint density at radius 1 is 1.33 bits per heavy atom. The summed E-state index contributed by atoms with van der Waals surface area (Å²) in [6.07, 6.45) is 5.16. The zero-order chi connectivity index (χ0) is 14.8. The van der Waals surface area contributed by atoms with Crippen molar-refractivity contribution in [1.29, 1.82) is 0 Å². The normalized spacial score (nSPS) is 18.0. The SMILES string of the molecule is Cc1ccccc1C1CCCN1C(=O)c1cnccc1Cl. The van der Waals surface area contributed by atoms with Crippen LogP contribution in [0.15, 0.2) is 42.7 Å². The van der Waals surface area contributed by atoms with Crippen LogP contribution in [-0.2, 0) is 0 Å². The van der Waals surface area contributed by atoms with Gasteiger partial charge in [0.25, 0.3) is 5.91 Å². The van der Waals surface area contributed by atoms with E-state index in [0.717, 1.165) is 19.4 Å². The Balaban J connectivity index is 1.93. The molecule has 1 aliphatic rings. The highest BCUT2D eigenvalue weighted by Gasteiger charge is 2.32. The van der Waals surface area contributed by atoms with Crippen molar-refractivity contribution in [3.8, 4) is 0 Å². The van der Waals surface area contributed by atoms with Crippen LogP contribution in [0.1, 0.15) is 40.4 Å². The van der Waals surface area contributed by atoms with Gasteiger partial charge in [0.15, 0.2) is 0 Å². The van der Waals surface area contributed by atoms with Crippen LogP contribution in [0.3, 0.4) is 0 Å². The lowest BCUT2D eigenvalue weighted by Crippen LogP contribution is -2.31. The van der Waals surface area contributed by atoms with Gasteiger partial charge in [0.05, 0.1) is 16.6 Å². The average Bonchev–Trinajstić information content (AvgIpc) is 2.97. The van der Waals surface area contributed by atoms with Crippen molar-refractivity contribution in [3.05, 3.63) is 64.4 Å². The van der Waals surface area contributed by atoms with E-state index in [0.29, 0.717) is 10.6 Å². The van der Waals surface area contributed by atoms with Gasteiger partial charge in [-0.25, -0.2) is 0 Å².